The van der Waals surface area contributed by atoms with E-state index in [4.69, 9.17) is 0 Å². The molecule has 4 rings (SSSR count). The second-order valence-corrected chi connectivity index (χ2v) is 8.46. The Bertz CT molecular complexity index is 880. The van der Waals surface area contributed by atoms with Crippen LogP contribution in [0.25, 0.3) is 0 Å². The number of anilines is 3. The van der Waals surface area contributed by atoms with Gasteiger partial charge in [-0.3, -0.25) is 0 Å². The number of hydrogen-bond acceptors (Lipinski definition) is 5. The molecule has 2 aromatic rings. The standard InChI is InChI=1S/C23H32N6O/c1-17-13-18(2)15-20(14-17)26-23(30)29-11-9-28(10-12-29)22-16-21(24-19(3)25-22)27-7-5-4-6-8-27/h13-16H,4-12H2,1-3H3,(H,26,30). The molecule has 0 spiro atoms. The van der Waals surface area contributed by atoms with Gasteiger partial charge in [-0.05, 0) is 63.3 Å². The minimum atomic E-state index is -0.0347. The molecule has 2 amide bonds. The molecule has 2 aliphatic rings. The number of aromatic nitrogens is 2. The van der Waals surface area contributed by atoms with E-state index in [1.807, 2.05) is 37.8 Å². The number of urea groups is 1. The molecule has 2 aliphatic heterocycles. The van der Waals surface area contributed by atoms with Crippen LogP contribution in [0.1, 0.15) is 36.2 Å². The van der Waals surface area contributed by atoms with Gasteiger partial charge >= 0.3 is 6.03 Å². The van der Waals surface area contributed by atoms with Crippen LogP contribution >= 0.6 is 0 Å². The molecule has 0 saturated carbocycles. The summed E-state index contributed by atoms with van der Waals surface area (Å²) in [4.78, 5) is 28.6. The van der Waals surface area contributed by atoms with Gasteiger partial charge in [0.1, 0.15) is 17.5 Å². The summed E-state index contributed by atoms with van der Waals surface area (Å²) < 4.78 is 0. The molecule has 3 heterocycles. The first-order chi connectivity index (χ1) is 14.5. The predicted molar refractivity (Wildman–Crippen MR) is 122 cm³/mol. The molecule has 160 valence electrons. The summed E-state index contributed by atoms with van der Waals surface area (Å²) in [5.74, 6) is 2.81. The fourth-order valence-electron chi connectivity index (χ4n) is 4.37. The smallest absolute Gasteiger partial charge is 0.321 e. The number of piperidine rings is 1. The lowest BCUT2D eigenvalue weighted by molar-refractivity contribution is 0.208. The van der Waals surface area contributed by atoms with E-state index in [1.165, 1.54) is 19.3 Å². The van der Waals surface area contributed by atoms with Crippen molar-refractivity contribution in [2.24, 2.45) is 0 Å². The van der Waals surface area contributed by atoms with E-state index in [0.717, 1.165) is 60.5 Å². The lowest BCUT2D eigenvalue weighted by Gasteiger charge is -2.36. The van der Waals surface area contributed by atoms with Crippen LogP contribution in [0.4, 0.5) is 22.1 Å². The van der Waals surface area contributed by atoms with Crippen LogP contribution in [0.2, 0.25) is 0 Å². The second-order valence-electron chi connectivity index (χ2n) is 8.46. The van der Waals surface area contributed by atoms with Gasteiger partial charge in [-0.15, -0.1) is 0 Å². The van der Waals surface area contributed by atoms with Crippen LogP contribution in [-0.4, -0.2) is 60.2 Å². The summed E-state index contributed by atoms with van der Waals surface area (Å²) in [6.07, 6.45) is 3.76. The van der Waals surface area contributed by atoms with Crippen molar-refractivity contribution in [3.05, 3.63) is 41.2 Å². The lowest BCUT2D eigenvalue weighted by atomic mass is 10.1. The van der Waals surface area contributed by atoms with Crippen molar-refractivity contribution in [3.63, 3.8) is 0 Å². The molecule has 1 aromatic carbocycles. The highest BCUT2D eigenvalue weighted by Crippen LogP contribution is 2.23. The summed E-state index contributed by atoms with van der Waals surface area (Å²) >= 11 is 0. The van der Waals surface area contributed by atoms with Gasteiger partial charge in [0.15, 0.2) is 0 Å². The maximum atomic E-state index is 12.7. The van der Waals surface area contributed by atoms with E-state index >= 15 is 0 Å². The maximum Gasteiger partial charge on any atom is 0.321 e. The van der Waals surface area contributed by atoms with Gasteiger partial charge in [0.25, 0.3) is 0 Å². The molecule has 0 bridgehead atoms. The van der Waals surface area contributed by atoms with E-state index < -0.39 is 0 Å². The van der Waals surface area contributed by atoms with E-state index in [2.05, 4.69) is 37.2 Å². The number of rotatable bonds is 3. The molecule has 0 atom stereocenters. The molecule has 1 aromatic heterocycles. The van der Waals surface area contributed by atoms with Gasteiger partial charge in [-0.25, -0.2) is 14.8 Å². The number of aryl methyl sites for hydroxylation is 3. The van der Waals surface area contributed by atoms with Crippen molar-refractivity contribution in [2.45, 2.75) is 40.0 Å². The van der Waals surface area contributed by atoms with Gasteiger partial charge in [0.2, 0.25) is 0 Å². The van der Waals surface area contributed by atoms with Gasteiger partial charge in [0.05, 0.1) is 0 Å². The number of nitrogens with zero attached hydrogens (tertiary/aromatic N) is 5. The summed E-state index contributed by atoms with van der Waals surface area (Å²) in [6.45, 7) is 11.1. The monoisotopic (exact) mass is 408 g/mol. The molecule has 1 N–H and O–H groups in total. The molecule has 0 radical (unpaired) electrons. The van der Waals surface area contributed by atoms with Crippen LogP contribution in [0, 0.1) is 20.8 Å². The SMILES string of the molecule is Cc1cc(C)cc(NC(=O)N2CCN(c3cc(N4CCCCC4)nc(C)n3)CC2)c1. The Kier molecular flexibility index (Phi) is 6.06. The fraction of sp³-hybridized carbons (Fsp3) is 0.522. The number of piperazine rings is 1. The number of carbonyl (C=O) groups is 1. The molecule has 0 unspecified atom stereocenters. The molecule has 7 nitrogen and oxygen atoms in total. The van der Waals surface area contributed by atoms with Gasteiger partial charge in [0, 0.05) is 51.0 Å². The van der Waals surface area contributed by atoms with Crippen molar-refractivity contribution in [1.82, 2.24) is 14.9 Å². The van der Waals surface area contributed by atoms with Crippen LogP contribution in [-0.2, 0) is 0 Å². The zero-order valence-corrected chi connectivity index (χ0v) is 18.3. The van der Waals surface area contributed by atoms with Gasteiger partial charge in [-0.1, -0.05) is 6.07 Å². The highest BCUT2D eigenvalue weighted by molar-refractivity contribution is 5.89. The zero-order chi connectivity index (χ0) is 21.1. The maximum absolute atomic E-state index is 12.7. The van der Waals surface area contributed by atoms with Crippen LogP contribution in [0.5, 0.6) is 0 Å². The van der Waals surface area contributed by atoms with Crippen molar-refractivity contribution in [2.75, 3.05) is 54.4 Å². The molecular weight excluding hydrogens is 376 g/mol. The van der Waals surface area contributed by atoms with E-state index in [0.29, 0.717) is 13.1 Å². The quantitative estimate of drug-likeness (QED) is 0.838. The fourth-order valence-corrected chi connectivity index (χ4v) is 4.37. The van der Waals surface area contributed by atoms with E-state index in [-0.39, 0.29) is 6.03 Å². The number of hydrogen-bond donors (Lipinski definition) is 1. The van der Waals surface area contributed by atoms with Crippen molar-refractivity contribution in [3.8, 4) is 0 Å². The Morgan fingerprint density at radius 3 is 1.93 bits per heavy atom. The van der Waals surface area contributed by atoms with Crippen LogP contribution in [0.3, 0.4) is 0 Å². The van der Waals surface area contributed by atoms with Gasteiger partial charge < -0.3 is 20.0 Å². The second kappa shape index (κ2) is 8.90. The highest BCUT2D eigenvalue weighted by Gasteiger charge is 2.23. The average Bonchev–Trinajstić information content (AvgIpc) is 2.73. The third-order valence-electron chi connectivity index (χ3n) is 5.85. The van der Waals surface area contributed by atoms with Gasteiger partial charge in [-0.2, -0.15) is 0 Å². The third-order valence-corrected chi connectivity index (χ3v) is 5.85. The average molecular weight is 409 g/mol. The molecule has 2 fully saturated rings. The Balaban J connectivity index is 1.38. The Morgan fingerprint density at radius 2 is 1.33 bits per heavy atom. The van der Waals surface area contributed by atoms with Crippen LogP contribution < -0.4 is 15.1 Å². The van der Waals surface area contributed by atoms with Crippen LogP contribution in [0.15, 0.2) is 24.3 Å². The lowest BCUT2D eigenvalue weighted by Crippen LogP contribution is -2.50. The van der Waals surface area contributed by atoms with Crippen molar-refractivity contribution < 1.29 is 4.79 Å². The van der Waals surface area contributed by atoms with Crippen molar-refractivity contribution >= 4 is 23.4 Å². The molecule has 7 heteroatoms. The minimum Gasteiger partial charge on any atom is -0.356 e. The Hall–Kier alpha value is -2.83. The first-order valence-corrected chi connectivity index (χ1v) is 11.0. The number of nitrogens with one attached hydrogen (secondary N) is 1. The summed E-state index contributed by atoms with van der Waals surface area (Å²) in [5.41, 5.74) is 3.16. The third kappa shape index (κ3) is 4.83. The molecule has 30 heavy (non-hydrogen) atoms. The van der Waals surface area contributed by atoms with E-state index in [9.17, 15) is 4.79 Å². The van der Waals surface area contributed by atoms with E-state index in [1.54, 1.807) is 0 Å². The zero-order valence-electron chi connectivity index (χ0n) is 18.3. The number of carbonyl (C=O) groups excluding carboxylic acids is 1. The van der Waals surface area contributed by atoms with Crippen molar-refractivity contribution in [1.29, 1.82) is 0 Å². The number of benzene rings is 1. The number of amides is 2. The topological polar surface area (TPSA) is 64.6 Å². The molecular formula is C23H32N6O. The minimum absolute atomic E-state index is 0.0347. The molecule has 2 saturated heterocycles. The Morgan fingerprint density at radius 1 is 0.767 bits per heavy atom. The summed E-state index contributed by atoms with van der Waals surface area (Å²) in [6, 6.07) is 8.20. The predicted octanol–water partition coefficient (Wildman–Crippen LogP) is 3.75. The largest absolute Gasteiger partial charge is 0.356 e. The molecule has 0 aliphatic carbocycles. The first-order valence-electron chi connectivity index (χ1n) is 11.0. The summed E-state index contributed by atoms with van der Waals surface area (Å²) in [7, 11) is 0. The Labute approximate surface area is 179 Å². The highest BCUT2D eigenvalue weighted by atomic mass is 16.2. The first kappa shape index (κ1) is 20.4. The summed E-state index contributed by atoms with van der Waals surface area (Å²) in [5, 5.41) is 3.05. The normalized spacial score (nSPS) is 17.2.